The molecule has 1 fully saturated rings. The summed E-state index contributed by atoms with van der Waals surface area (Å²) in [6.45, 7) is 1.45. The molecule has 0 spiro atoms. The van der Waals surface area contributed by atoms with Crippen molar-refractivity contribution in [2.45, 2.75) is 18.7 Å². The van der Waals surface area contributed by atoms with E-state index in [1.54, 1.807) is 17.8 Å². The summed E-state index contributed by atoms with van der Waals surface area (Å²) in [6, 6.07) is 3.52. The van der Waals surface area contributed by atoms with Crippen LogP contribution in [0.4, 0.5) is 24.8 Å². The maximum atomic E-state index is 13.7. The van der Waals surface area contributed by atoms with Gasteiger partial charge in [-0.25, -0.2) is 14.5 Å². The van der Waals surface area contributed by atoms with Crippen LogP contribution >= 0.6 is 23.2 Å². The van der Waals surface area contributed by atoms with E-state index in [1.807, 2.05) is 7.05 Å². The molecule has 0 aliphatic carbocycles. The summed E-state index contributed by atoms with van der Waals surface area (Å²) >= 11 is 12.9. The highest BCUT2D eigenvalue weighted by atomic mass is 35.5. The standard InChI is InChI=1S/C25H21Cl2F3N8O2/c1-36-5-3-15(12-36)39-16-8-13(25(28,29)30)7-14(9-16)34-24-35-23-21(37(24)2)19(26)17(10-32-23)40-18-11-33-38-6-4-31-22(27)20(18)38/h4,6-11,15H,3,5,12H2,1-2H3,(H,32,34,35)/t15-/m0/s1. The number of alkyl halides is 3. The molecule has 10 nitrogen and oxygen atoms in total. The van der Waals surface area contributed by atoms with Gasteiger partial charge in [-0.15, -0.1) is 0 Å². The molecule has 208 valence electrons. The van der Waals surface area contributed by atoms with Crippen molar-refractivity contribution >= 4 is 51.5 Å². The van der Waals surface area contributed by atoms with Gasteiger partial charge in [-0.2, -0.15) is 23.3 Å². The Bertz CT molecular complexity index is 1740. The minimum absolute atomic E-state index is 0.116. The van der Waals surface area contributed by atoms with E-state index in [2.05, 4.69) is 30.3 Å². The predicted molar refractivity (Wildman–Crippen MR) is 143 cm³/mol. The first kappa shape index (κ1) is 26.4. The zero-order valence-electron chi connectivity index (χ0n) is 21.1. The summed E-state index contributed by atoms with van der Waals surface area (Å²) in [5, 5.41) is 7.52. The maximum absolute atomic E-state index is 13.7. The van der Waals surface area contributed by atoms with Crippen LogP contribution in [0.1, 0.15) is 12.0 Å². The van der Waals surface area contributed by atoms with Crippen LogP contribution in [0.5, 0.6) is 17.2 Å². The lowest BCUT2D eigenvalue weighted by Crippen LogP contribution is -2.21. The number of benzene rings is 1. The zero-order chi connectivity index (χ0) is 28.2. The van der Waals surface area contributed by atoms with Crippen LogP contribution in [0.15, 0.2) is 43.0 Å². The van der Waals surface area contributed by atoms with Gasteiger partial charge in [0.25, 0.3) is 0 Å². The number of aryl methyl sites for hydroxylation is 1. The van der Waals surface area contributed by atoms with Crippen LogP contribution in [0.2, 0.25) is 10.2 Å². The van der Waals surface area contributed by atoms with Gasteiger partial charge in [0.2, 0.25) is 5.95 Å². The third kappa shape index (κ3) is 4.95. The zero-order valence-corrected chi connectivity index (χ0v) is 22.6. The third-order valence-corrected chi connectivity index (χ3v) is 7.16. The Morgan fingerprint density at radius 1 is 1.05 bits per heavy atom. The third-order valence-electron chi connectivity index (χ3n) is 6.52. The number of anilines is 2. The van der Waals surface area contributed by atoms with Crippen molar-refractivity contribution in [3.63, 3.8) is 0 Å². The van der Waals surface area contributed by atoms with Crippen molar-refractivity contribution in [3.05, 3.63) is 58.7 Å². The number of hydrogen-bond acceptors (Lipinski definition) is 8. The van der Waals surface area contributed by atoms with Crippen molar-refractivity contribution < 1.29 is 22.6 Å². The molecule has 1 aromatic carbocycles. The van der Waals surface area contributed by atoms with Crippen molar-refractivity contribution in [1.29, 1.82) is 0 Å². The van der Waals surface area contributed by atoms with Gasteiger partial charge < -0.3 is 24.3 Å². The number of nitrogens with zero attached hydrogens (tertiary/aromatic N) is 7. The summed E-state index contributed by atoms with van der Waals surface area (Å²) in [4.78, 5) is 14.9. The highest BCUT2D eigenvalue weighted by Gasteiger charge is 2.32. The lowest BCUT2D eigenvalue weighted by atomic mass is 10.1. The number of ether oxygens (including phenoxy) is 2. The van der Waals surface area contributed by atoms with Gasteiger partial charge in [0.15, 0.2) is 22.3 Å². The fourth-order valence-electron chi connectivity index (χ4n) is 4.58. The van der Waals surface area contributed by atoms with E-state index in [9.17, 15) is 13.2 Å². The summed E-state index contributed by atoms with van der Waals surface area (Å²) in [5.41, 5.74) is 0.417. The fourth-order valence-corrected chi connectivity index (χ4v) is 5.12. The molecule has 0 saturated carbocycles. The number of likely N-dealkylation sites (tertiary alicyclic amines) is 1. The van der Waals surface area contributed by atoms with Crippen LogP contribution in [0.25, 0.3) is 16.7 Å². The van der Waals surface area contributed by atoms with E-state index in [-0.39, 0.29) is 45.1 Å². The first-order valence-corrected chi connectivity index (χ1v) is 12.8. The number of pyridine rings is 1. The summed E-state index contributed by atoms with van der Waals surface area (Å²) < 4.78 is 56.1. The molecule has 1 aliphatic rings. The lowest BCUT2D eigenvalue weighted by Gasteiger charge is -2.17. The first-order valence-electron chi connectivity index (χ1n) is 12.1. The number of likely N-dealkylation sites (N-methyl/N-ethyl adjacent to an activating group) is 1. The van der Waals surface area contributed by atoms with E-state index >= 15 is 0 Å². The van der Waals surface area contributed by atoms with Gasteiger partial charge in [-0.3, -0.25) is 0 Å². The van der Waals surface area contributed by atoms with E-state index in [4.69, 9.17) is 32.7 Å². The minimum Gasteiger partial charge on any atom is -0.489 e. The Labute approximate surface area is 235 Å². The molecule has 4 aromatic heterocycles. The molecule has 0 amide bonds. The van der Waals surface area contributed by atoms with E-state index in [0.29, 0.717) is 23.3 Å². The van der Waals surface area contributed by atoms with Crippen LogP contribution in [-0.4, -0.2) is 60.3 Å². The molecule has 5 heterocycles. The van der Waals surface area contributed by atoms with Crippen LogP contribution in [-0.2, 0) is 13.2 Å². The molecule has 1 saturated heterocycles. The number of aromatic nitrogens is 6. The molecule has 15 heteroatoms. The molecule has 1 N–H and O–H groups in total. The second kappa shape index (κ2) is 9.98. The summed E-state index contributed by atoms with van der Waals surface area (Å²) in [7, 11) is 3.60. The van der Waals surface area contributed by atoms with Gasteiger partial charge >= 0.3 is 6.18 Å². The van der Waals surface area contributed by atoms with Gasteiger partial charge in [0, 0.05) is 44.3 Å². The second-order valence-corrected chi connectivity index (χ2v) is 10.1. The van der Waals surface area contributed by atoms with Gasteiger partial charge in [-0.05, 0) is 25.6 Å². The number of fused-ring (bicyclic) bond motifs is 2. The van der Waals surface area contributed by atoms with E-state index in [0.717, 1.165) is 25.1 Å². The maximum Gasteiger partial charge on any atom is 0.416 e. The minimum atomic E-state index is -4.57. The van der Waals surface area contributed by atoms with Crippen molar-refractivity contribution in [2.75, 3.05) is 25.5 Å². The number of nitrogens with one attached hydrogen (secondary N) is 1. The Kier molecular flexibility index (Phi) is 6.59. The van der Waals surface area contributed by atoms with Gasteiger partial charge in [-0.1, -0.05) is 23.2 Å². The molecule has 40 heavy (non-hydrogen) atoms. The van der Waals surface area contributed by atoms with E-state index in [1.165, 1.54) is 29.2 Å². The molecule has 0 bridgehead atoms. The monoisotopic (exact) mass is 592 g/mol. The molecular weight excluding hydrogens is 572 g/mol. The van der Waals surface area contributed by atoms with Crippen molar-refractivity contribution in [2.24, 2.45) is 7.05 Å². The summed E-state index contributed by atoms with van der Waals surface area (Å²) in [6.07, 6.45) is 1.95. The molecule has 0 unspecified atom stereocenters. The molecule has 6 rings (SSSR count). The number of rotatable bonds is 6. The Morgan fingerprint density at radius 3 is 2.62 bits per heavy atom. The Hall–Kier alpha value is -3.81. The van der Waals surface area contributed by atoms with Crippen LogP contribution < -0.4 is 14.8 Å². The number of imidazole rings is 1. The average molecular weight is 593 g/mol. The number of halogens is 5. The van der Waals surface area contributed by atoms with Gasteiger partial charge in [0.05, 0.1) is 18.0 Å². The van der Waals surface area contributed by atoms with Crippen molar-refractivity contribution in [3.8, 4) is 17.2 Å². The normalized spacial score (nSPS) is 16.2. The van der Waals surface area contributed by atoms with Crippen LogP contribution in [0.3, 0.4) is 0 Å². The van der Waals surface area contributed by atoms with Crippen LogP contribution in [0, 0.1) is 0 Å². The molecular formula is C25H21Cl2F3N8O2. The molecule has 1 aliphatic heterocycles. The van der Waals surface area contributed by atoms with E-state index < -0.39 is 11.7 Å². The smallest absolute Gasteiger partial charge is 0.416 e. The first-order chi connectivity index (χ1) is 19.1. The lowest BCUT2D eigenvalue weighted by molar-refractivity contribution is -0.137. The second-order valence-electron chi connectivity index (χ2n) is 9.38. The largest absolute Gasteiger partial charge is 0.489 e. The Balaban J connectivity index is 1.32. The SMILES string of the molecule is CN1CC[C@H](Oc2cc(Nc3nc4ncc(Oc5cnn6ccnc(Cl)c56)c(Cl)c4n3C)cc(C(F)(F)F)c2)C1. The fraction of sp³-hybridized carbons (Fsp3) is 0.280. The average Bonchev–Trinajstić information content (AvgIpc) is 3.58. The van der Waals surface area contributed by atoms with Gasteiger partial charge in [0.1, 0.15) is 27.9 Å². The Morgan fingerprint density at radius 2 is 1.88 bits per heavy atom. The number of hydrogen-bond donors (Lipinski definition) is 1. The van der Waals surface area contributed by atoms with Crippen molar-refractivity contribution in [1.82, 2.24) is 34.0 Å². The molecule has 0 radical (unpaired) electrons. The summed E-state index contributed by atoms with van der Waals surface area (Å²) in [5.74, 6) is 0.849. The quantitative estimate of drug-likeness (QED) is 0.258. The highest BCUT2D eigenvalue weighted by Crippen LogP contribution is 2.39. The molecule has 1 atom stereocenters. The predicted octanol–water partition coefficient (Wildman–Crippen LogP) is 5.96. The molecule has 5 aromatic rings. The topological polar surface area (TPSA) is 94.6 Å². The highest BCUT2D eigenvalue weighted by molar-refractivity contribution is 6.36.